The SMILES string of the molecule is CCCCC(=O)N1CCCC1C1CCCC1. The summed E-state index contributed by atoms with van der Waals surface area (Å²) in [6.07, 6.45) is 11.0. The molecule has 0 aromatic rings. The highest BCUT2D eigenvalue weighted by Crippen LogP contribution is 2.35. The molecule has 2 nitrogen and oxygen atoms in total. The van der Waals surface area contributed by atoms with E-state index >= 15 is 0 Å². The van der Waals surface area contributed by atoms with E-state index in [1.54, 1.807) is 0 Å². The highest BCUT2D eigenvalue weighted by atomic mass is 16.2. The van der Waals surface area contributed by atoms with Crippen LogP contribution in [0.15, 0.2) is 0 Å². The second kappa shape index (κ2) is 5.70. The Balaban J connectivity index is 1.89. The summed E-state index contributed by atoms with van der Waals surface area (Å²) in [6, 6.07) is 0.604. The Kier molecular flexibility index (Phi) is 4.25. The molecular weight excluding hydrogens is 198 g/mol. The first-order chi connectivity index (χ1) is 7.83. The standard InChI is InChI=1S/C14H25NO/c1-2-3-10-14(16)15-11-6-9-13(15)12-7-4-5-8-12/h12-13H,2-11H2,1H3. The van der Waals surface area contributed by atoms with Crippen molar-refractivity contribution in [3.8, 4) is 0 Å². The van der Waals surface area contributed by atoms with Crippen LogP contribution >= 0.6 is 0 Å². The third-order valence-corrected chi connectivity index (χ3v) is 4.31. The summed E-state index contributed by atoms with van der Waals surface area (Å²) < 4.78 is 0. The number of carbonyl (C=O) groups is 1. The average Bonchev–Trinajstić information content (AvgIpc) is 2.94. The lowest BCUT2D eigenvalue weighted by molar-refractivity contribution is -0.133. The highest BCUT2D eigenvalue weighted by Gasteiger charge is 2.35. The number of rotatable bonds is 4. The predicted molar refractivity (Wildman–Crippen MR) is 66.2 cm³/mol. The average molecular weight is 223 g/mol. The van der Waals surface area contributed by atoms with Crippen molar-refractivity contribution >= 4 is 5.91 Å². The summed E-state index contributed by atoms with van der Waals surface area (Å²) in [5, 5.41) is 0. The van der Waals surface area contributed by atoms with Crippen molar-refractivity contribution < 1.29 is 4.79 Å². The van der Waals surface area contributed by atoms with E-state index in [1.807, 2.05) is 0 Å². The number of likely N-dealkylation sites (tertiary alicyclic amines) is 1. The summed E-state index contributed by atoms with van der Waals surface area (Å²) >= 11 is 0. The molecule has 0 aromatic heterocycles. The minimum absolute atomic E-state index is 0.427. The molecule has 2 heteroatoms. The van der Waals surface area contributed by atoms with E-state index in [1.165, 1.54) is 38.5 Å². The maximum Gasteiger partial charge on any atom is 0.222 e. The molecule has 1 unspecified atom stereocenters. The molecule has 1 atom stereocenters. The largest absolute Gasteiger partial charge is 0.339 e. The van der Waals surface area contributed by atoms with E-state index in [0.29, 0.717) is 11.9 Å². The lowest BCUT2D eigenvalue weighted by atomic mass is 9.96. The number of hydrogen-bond donors (Lipinski definition) is 0. The fraction of sp³-hybridized carbons (Fsp3) is 0.929. The molecule has 1 heterocycles. The van der Waals surface area contributed by atoms with Crippen molar-refractivity contribution in [2.75, 3.05) is 6.54 Å². The zero-order valence-corrected chi connectivity index (χ0v) is 10.6. The van der Waals surface area contributed by atoms with Crippen LogP contribution in [0.1, 0.15) is 64.7 Å². The van der Waals surface area contributed by atoms with Crippen LogP contribution in [0.2, 0.25) is 0 Å². The Morgan fingerprint density at radius 3 is 2.62 bits per heavy atom. The molecule has 0 N–H and O–H groups in total. The third kappa shape index (κ3) is 2.58. The van der Waals surface area contributed by atoms with Gasteiger partial charge in [-0.25, -0.2) is 0 Å². The summed E-state index contributed by atoms with van der Waals surface area (Å²) in [4.78, 5) is 14.3. The van der Waals surface area contributed by atoms with Crippen LogP contribution in [0.25, 0.3) is 0 Å². The van der Waals surface area contributed by atoms with E-state index < -0.39 is 0 Å². The van der Waals surface area contributed by atoms with Crippen molar-refractivity contribution in [3.63, 3.8) is 0 Å². The zero-order valence-electron chi connectivity index (χ0n) is 10.6. The van der Waals surface area contributed by atoms with Gasteiger partial charge in [-0.1, -0.05) is 26.2 Å². The Labute approximate surface area is 99.4 Å². The molecule has 1 saturated carbocycles. The number of unbranched alkanes of at least 4 members (excludes halogenated alkanes) is 1. The fourth-order valence-electron chi connectivity index (χ4n) is 3.41. The summed E-state index contributed by atoms with van der Waals surface area (Å²) in [6.45, 7) is 3.19. The molecule has 0 aromatic carbocycles. The van der Waals surface area contributed by atoms with Gasteiger partial charge in [0.25, 0.3) is 0 Å². The molecule has 92 valence electrons. The van der Waals surface area contributed by atoms with E-state index in [0.717, 1.165) is 31.7 Å². The maximum absolute atomic E-state index is 12.1. The van der Waals surface area contributed by atoms with Gasteiger partial charge < -0.3 is 4.90 Å². The van der Waals surface area contributed by atoms with Gasteiger partial charge >= 0.3 is 0 Å². The van der Waals surface area contributed by atoms with Crippen LogP contribution in [0, 0.1) is 5.92 Å². The zero-order chi connectivity index (χ0) is 11.4. The van der Waals surface area contributed by atoms with Gasteiger partial charge in [0, 0.05) is 19.0 Å². The fourth-order valence-corrected chi connectivity index (χ4v) is 3.41. The van der Waals surface area contributed by atoms with Gasteiger partial charge in [0.15, 0.2) is 0 Å². The third-order valence-electron chi connectivity index (χ3n) is 4.31. The molecule has 0 bridgehead atoms. The van der Waals surface area contributed by atoms with E-state index in [-0.39, 0.29) is 0 Å². The number of carbonyl (C=O) groups excluding carboxylic acids is 1. The first-order valence-corrected chi connectivity index (χ1v) is 7.12. The monoisotopic (exact) mass is 223 g/mol. The van der Waals surface area contributed by atoms with Gasteiger partial charge in [-0.15, -0.1) is 0 Å². The molecule has 16 heavy (non-hydrogen) atoms. The van der Waals surface area contributed by atoms with Crippen molar-refractivity contribution in [1.82, 2.24) is 4.90 Å². The molecule has 1 aliphatic carbocycles. The van der Waals surface area contributed by atoms with Crippen molar-refractivity contribution in [1.29, 1.82) is 0 Å². The summed E-state index contributed by atoms with van der Waals surface area (Å²) in [5.74, 6) is 1.25. The minimum Gasteiger partial charge on any atom is -0.339 e. The molecule has 0 radical (unpaired) electrons. The summed E-state index contributed by atoms with van der Waals surface area (Å²) in [5.41, 5.74) is 0. The lowest BCUT2D eigenvalue weighted by Gasteiger charge is -2.29. The van der Waals surface area contributed by atoms with Crippen LogP contribution in [-0.2, 0) is 4.79 Å². The maximum atomic E-state index is 12.1. The molecule has 1 amide bonds. The Morgan fingerprint density at radius 1 is 1.19 bits per heavy atom. The van der Waals surface area contributed by atoms with Crippen LogP contribution in [0.5, 0.6) is 0 Å². The van der Waals surface area contributed by atoms with Crippen LogP contribution < -0.4 is 0 Å². The number of hydrogen-bond acceptors (Lipinski definition) is 1. The molecular formula is C14H25NO. The molecule has 2 rings (SSSR count). The predicted octanol–water partition coefficient (Wildman–Crippen LogP) is 3.36. The highest BCUT2D eigenvalue weighted by molar-refractivity contribution is 5.76. The van der Waals surface area contributed by atoms with Gasteiger partial charge in [0.1, 0.15) is 0 Å². The van der Waals surface area contributed by atoms with Crippen molar-refractivity contribution in [2.45, 2.75) is 70.8 Å². The van der Waals surface area contributed by atoms with Gasteiger partial charge in [0.2, 0.25) is 5.91 Å². The number of nitrogens with zero attached hydrogens (tertiary/aromatic N) is 1. The minimum atomic E-state index is 0.427. The molecule has 1 aliphatic heterocycles. The van der Waals surface area contributed by atoms with Crippen LogP contribution in [-0.4, -0.2) is 23.4 Å². The summed E-state index contributed by atoms with van der Waals surface area (Å²) in [7, 11) is 0. The Morgan fingerprint density at radius 2 is 1.94 bits per heavy atom. The second-order valence-electron chi connectivity index (χ2n) is 5.44. The van der Waals surface area contributed by atoms with Crippen LogP contribution in [0.3, 0.4) is 0 Å². The van der Waals surface area contributed by atoms with Gasteiger partial charge in [-0.2, -0.15) is 0 Å². The van der Waals surface area contributed by atoms with Gasteiger partial charge in [-0.3, -0.25) is 4.79 Å². The molecule has 0 spiro atoms. The van der Waals surface area contributed by atoms with Crippen molar-refractivity contribution in [2.24, 2.45) is 5.92 Å². The van der Waals surface area contributed by atoms with E-state index in [9.17, 15) is 4.79 Å². The Hall–Kier alpha value is -0.530. The van der Waals surface area contributed by atoms with Crippen LogP contribution in [0.4, 0.5) is 0 Å². The van der Waals surface area contributed by atoms with E-state index in [4.69, 9.17) is 0 Å². The smallest absolute Gasteiger partial charge is 0.222 e. The molecule has 2 aliphatic rings. The topological polar surface area (TPSA) is 20.3 Å². The van der Waals surface area contributed by atoms with Gasteiger partial charge in [-0.05, 0) is 38.0 Å². The first kappa shape index (κ1) is 11.9. The Bertz CT molecular complexity index is 233. The first-order valence-electron chi connectivity index (χ1n) is 7.12. The second-order valence-corrected chi connectivity index (χ2v) is 5.44. The normalized spacial score (nSPS) is 26.6. The van der Waals surface area contributed by atoms with Crippen molar-refractivity contribution in [3.05, 3.63) is 0 Å². The quantitative estimate of drug-likeness (QED) is 0.715. The lowest BCUT2D eigenvalue weighted by Crippen LogP contribution is -2.39. The molecule has 1 saturated heterocycles. The molecule has 2 fully saturated rings. The van der Waals surface area contributed by atoms with E-state index in [2.05, 4.69) is 11.8 Å². The van der Waals surface area contributed by atoms with Gasteiger partial charge in [0.05, 0.1) is 0 Å². The number of amides is 1.